The van der Waals surface area contributed by atoms with Gasteiger partial charge in [-0.25, -0.2) is 4.98 Å². The predicted molar refractivity (Wildman–Crippen MR) is 75.2 cm³/mol. The Labute approximate surface area is 105 Å². The Morgan fingerprint density at radius 2 is 1.94 bits per heavy atom. The van der Waals surface area contributed by atoms with Crippen molar-refractivity contribution < 1.29 is 0 Å². The highest BCUT2D eigenvalue weighted by molar-refractivity contribution is 5.49. The predicted octanol–water partition coefficient (Wildman–Crippen LogP) is 3.60. The fourth-order valence-electron chi connectivity index (χ4n) is 1.81. The van der Waals surface area contributed by atoms with Gasteiger partial charge in [0.15, 0.2) is 0 Å². The Balaban J connectivity index is 2.39. The van der Waals surface area contributed by atoms with Crippen molar-refractivity contribution in [3.8, 4) is 0 Å². The van der Waals surface area contributed by atoms with Crippen LogP contribution in [-0.2, 0) is 0 Å². The molecule has 96 valence electrons. The van der Waals surface area contributed by atoms with E-state index in [0.717, 1.165) is 23.1 Å². The summed E-state index contributed by atoms with van der Waals surface area (Å²) in [5, 5.41) is 3.42. The van der Waals surface area contributed by atoms with Crippen LogP contribution in [0.4, 0.5) is 11.5 Å². The van der Waals surface area contributed by atoms with Crippen LogP contribution in [-0.4, -0.2) is 11.0 Å². The summed E-state index contributed by atoms with van der Waals surface area (Å²) in [5.41, 5.74) is 7.39. The Morgan fingerprint density at radius 3 is 2.53 bits per heavy atom. The van der Waals surface area contributed by atoms with E-state index in [1.165, 1.54) is 19.3 Å². The van der Waals surface area contributed by atoms with E-state index in [0.29, 0.717) is 6.04 Å². The average Bonchev–Trinajstić information content (AvgIpc) is 2.23. The first-order valence-electron chi connectivity index (χ1n) is 6.48. The number of pyridine rings is 1. The summed E-state index contributed by atoms with van der Waals surface area (Å²) >= 11 is 0. The van der Waals surface area contributed by atoms with E-state index in [9.17, 15) is 0 Å². The molecule has 0 bridgehead atoms. The molecule has 0 aromatic carbocycles. The largest absolute Gasteiger partial charge is 0.397 e. The third-order valence-electron chi connectivity index (χ3n) is 2.94. The Kier molecular flexibility index (Phi) is 5.26. The van der Waals surface area contributed by atoms with Crippen LogP contribution in [0, 0.1) is 12.8 Å². The van der Waals surface area contributed by atoms with Crippen LogP contribution in [0.3, 0.4) is 0 Å². The molecule has 0 saturated carbocycles. The molecule has 0 aliphatic heterocycles. The molecule has 1 aromatic rings. The lowest BCUT2D eigenvalue weighted by Crippen LogP contribution is -2.16. The minimum Gasteiger partial charge on any atom is -0.397 e. The zero-order valence-electron chi connectivity index (χ0n) is 11.5. The average molecular weight is 235 g/mol. The van der Waals surface area contributed by atoms with Gasteiger partial charge >= 0.3 is 0 Å². The highest BCUT2D eigenvalue weighted by Gasteiger charge is 2.04. The zero-order valence-corrected chi connectivity index (χ0v) is 11.5. The van der Waals surface area contributed by atoms with Gasteiger partial charge in [0.25, 0.3) is 0 Å². The van der Waals surface area contributed by atoms with Crippen LogP contribution < -0.4 is 11.1 Å². The fraction of sp³-hybridized carbons (Fsp3) is 0.643. The molecule has 1 rings (SSSR count). The lowest BCUT2D eigenvalue weighted by Gasteiger charge is -2.15. The molecule has 3 N–H and O–H groups in total. The number of aromatic nitrogens is 1. The summed E-state index contributed by atoms with van der Waals surface area (Å²) in [6.07, 6.45) is 3.74. The first-order chi connectivity index (χ1) is 7.99. The molecule has 0 saturated heterocycles. The Bertz CT molecular complexity index is 347. The van der Waals surface area contributed by atoms with Crippen LogP contribution >= 0.6 is 0 Å². The Hall–Kier alpha value is -1.25. The van der Waals surface area contributed by atoms with Crippen molar-refractivity contribution in [3.63, 3.8) is 0 Å². The number of nitrogens with zero attached hydrogens (tertiary/aromatic N) is 1. The van der Waals surface area contributed by atoms with Gasteiger partial charge in [-0.1, -0.05) is 26.7 Å². The number of nitrogen functional groups attached to an aromatic ring is 1. The molecular weight excluding hydrogens is 210 g/mol. The van der Waals surface area contributed by atoms with Crippen LogP contribution in [0.5, 0.6) is 0 Å². The number of rotatable bonds is 6. The van der Waals surface area contributed by atoms with Crippen LogP contribution in [0.15, 0.2) is 12.1 Å². The molecule has 1 atom stereocenters. The van der Waals surface area contributed by atoms with Crippen molar-refractivity contribution in [3.05, 3.63) is 17.8 Å². The van der Waals surface area contributed by atoms with Gasteiger partial charge in [-0.2, -0.15) is 0 Å². The lowest BCUT2D eigenvalue weighted by atomic mass is 10.0. The molecule has 0 spiro atoms. The number of hydrogen-bond donors (Lipinski definition) is 2. The van der Waals surface area contributed by atoms with Gasteiger partial charge in [0.1, 0.15) is 5.82 Å². The topological polar surface area (TPSA) is 50.9 Å². The van der Waals surface area contributed by atoms with E-state index in [-0.39, 0.29) is 0 Å². The third kappa shape index (κ3) is 5.07. The van der Waals surface area contributed by atoms with E-state index in [1.54, 1.807) is 0 Å². The molecule has 1 unspecified atom stereocenters. The quantitative estimate of drug-likeness (QED) is 0.792. The van der Waals surface area contributed by atoms with Gasteiger partial charge in [0, 0.05) is 6.04 Å². The van der Waals surface area contributed by atoms with Crippen molar-refractivity contribution >= 4 is 11.5 Å². The maximum Gasteiger partial charge on any atom is 0.126 e. The third-order valence-corrected chi connectivity index (χ3v) is 2.94. The van der Waals surface area contributed by atoms with E-state index < -0.39 is 0 Å². The first-order valence-corrected chi connectivity index (χ1v) is 6.48. The molecular formula is C14H25N3. The van der Waals surface area contributed by atoms with Crippen molar-refractivity contribution in [1.29, 1.82) is 0 Å². The molecule has 0 amide bonds. The summed E-state index contributed by atoms with van der Waals surface area (Å²) in [4.78, 5) is 4.42. The lowest BCUT2D eigenvalue weighted by molar-refractivity contribution is 0.520. The van der Waals surface area contributed by atoms with Gasteiger partial charge in [-0.3, -0.25) is 0 Å². The van der Waals surface area contributed by atoms with Crippen LogP contribution in [0.1, 0.15) is 45.7 Å². The molecule has 1 heterocycles. The number of aryl methyl sites for hydroxylation is 1. The summed E-state index contributed by atoms with van der Waals surface area (Å²) in [6.45, 7) is 8.67. The highest BCUT2D eigenvalue weighted by atomic mass is 15.0. The van der Waals surface area contributed by atoms with Crippen molar-refractivity contribution in [2.75, 3.05) is 11.1 Å². The SMILES string of the molecule is Cc1nc(NC(C)CCCC(C)C)ccc1N. The van der Waals surface area contributed by atoms with Crippen LogP contribution in [0.2, 0.25) is 0 Å². The molecule has 17 heavy (non-hydrogen) atoms. The molecule has 0 aliphatic carbocycles. The number of nitrogens with two attached hydrogens (primary N) is 1. The summed E-state index contributed by atoms with van der Waals surface area (Å²) in [5.74, 6) is 1.72. The van der Waals surface area contributed by atoms with E-state index in [2.05, 4.69) is 31.1 Å². The smallest absolute Gasteiger partial charge is 0.126 e. The fourth-order valence-corrected chi connectivity index (χ4v) is 1.81. The molecule has 3 nitrogen and oxygen atoms in total. The molecule has 0 fully saturated rings. The van der Waals surface area contributed by atoms with E-state index in [4.69, 9.17) is 5.73 Å². The summed E-state index contributed by atoms with van der Waals surface area (Å²) in [7, 11) is 0. The van der Waals surface area contributed by atoms with E-state index in [1.807, 2.05) is 19.1 Å². The van der Waals surface area contributed by atoms with Crippen LogP contribution in [0.25, 0.3) is 0 Å². The van der Waals surface area contributed by atoms with Gasteiger partial charge in [0.2, 0.25) is 0 Å². The highest BCUT2D eigenvalue weighted by Crippen LogP contribution is 2.15. The molecule has 0 aliphatic rings. The normalized spacial score (nSPS) is 12.8. The minimum absolute atomic E-state index is 0.462. The van der Waals surface area contributed by atoms with Gasteiger partial charge in [0.05, 0.1) is 11.4 Å². The minimum atomic E-state index is 0.462. The van der Waals surface area contributed by atoms with Crippen molar-refractivity contribution in [1.82, 2.24) is 4.98 Å². The van der Waals surface area contributed by atoms with Crippen molar-refractivity contribution in [2.45, 2.75) is 53.0 Å². The maximum absolute atomic E-state index is 5.74. The van der Waals surface area contributed by atoms with Crippen molar-refractivity contribution in [2.24, 2.45) is 5.92 Å². The van der Waals surface area contributed by atoms with Gasteiger partial charge < -0.3 is 11.1 Å². The van der Waals surface area contributed by atoms with E-state index >= 15 is 0 Å². The molecule has 1 aromatic heterocycles. The van der Waals surface area contributed by atoms with Gasteiger partial charge in [-0.15, -0.1) is 0 Å². The molecule has 0 radical (unpaired) electrons. The standard InChI is InChI=1S/C14H25N3/c1-10(2)6-5-7-11(3)16-14-9-8-13(15)12(4)17-14/h8-11H,5-7,15H2,1-4H3,(H,16,17). The van der Waals surface area contributed by atoms with Gasteiger partial charge in [-0.05, 0) is 38.3 Å². The number of nitrogens with one attached hydrogen (secondary N) is 1. The first kappa shape index (κ1) is 13.8. The molecule has 3 heteroatoms. The monoisotopic (exact) mass is 235 g/mol. The summed E-state index contributed by atoms with van der Waals surface area (Å²) < 4.78 is 0. The zero-order chi connectivity index (χ0) is 12.8. The summed E-state index contributed by atoms with van der Waals surface area (Å²) in [6, 6.07) is 4.32. The number of hydrogen-bond acceptors (Lipinski definition) is 3. The Morgan fingerprint density at radius 1 is 1.24 bits per heavy atom. The number of anilines is 2. The second-order valence-corrected chi connectivity index (χ2v) is 5.24. The second kappa shape index (κ2) is 6.48. The second-order valence-electron chi connectivity index (χ2n) is 5.24. The maximum atomic E-state index is 5.74.